The zero-order chi connectivity index (χ0) is 14.8. The van der Waals surface area contributed by atoms with Crippen molar-refractivity contribution in [2.45, 2.75) is 38.3 Å². The van der Waals surface area contributed by atoms with E-state index in [4.69, 9.17) is 16.9 Å². The molecule has 1 aliphatic carbocycles. The normalized spacial score (nSPS) is 18.8. The van der Waals surface area contributed by atoms with Crippen molar-refractivity contribution in [3.63, 3.8) is 0 Å². The van der Waals surface area contributed by atoms with Crippen LogP contribution in [-0.2, 0) is 6.42 Å². The summed E-state index contributed by atoms with van der Waals surface area (Å²) >= 11 is 7.87. The van der Waals surface area contributed by atoms with Crippen LogP contribution in [0.4, 0.5) is 0 Å². The summed E-state index contributed by atoms with van der Waals surface area (Å²) in [6.45, 7) is 2.17. The summed E-state index contributed by atoms with van der Waals surface area (Å²) in [5.74, 6) is 0. The van der Waals surface area contributed by atoms with E-state index in [-0.39, 0.29) is 6.04 Å². The number of hydrogen-bond acceptors (Lipinski definition) is 3. The molecule has 4 heteroatoms. The van der Waals surface area contributed by atoms with Gasteiger partial charge in [0, 0.05) is 17.0 Å². The van der Waals surface area contributed by atoms with E-state index in [9.17, 15) is 0 Å². The smallest absolute Gasteiger partial charge is 0.0991 e. The number of benzene rings is 1. The van der Waals surface area contributed by atoms with Gasteiger partial charge >= 0.3 is 0 Å². The van der Waals surface area contributed by atoms with Crippen molar-refractivity contribution in [3.8, 4) is 6.07 Å². The Morgan fingerprint density at radius 1 is 1.38 bits per heavy atom. The highest BCUT2D eigenvalue weighted by Gasteiger charge is 2.24. The van der Waals surface area contributed by atoms with Gasteiger partial charge < -0.3 is 5.32 Å². The van der Waals surface area contributed by atoms with Gasteiger partial charge in [-0.05, 0) is 55.5 Å². The molecule has 0 saturated heterocycles. The fourth-order valence-electron chi connectivity index (χ4n) is 2.94. The Bertz CT molecular complexity index is 669. The molecule has 21 heavy (non-hydrogen) atoms. The molecule has 108 valence electrons. The van der Waals surface area contributed by atoms with Crippen molar-refractivity contribution < 1.29 is 0 Å². The Labute approximate surface area is 134 Å². The van der Waals surface area contributed by atoms with Gasteiger partial charge in [0.1, 0.15) is 0 Å². The Hall–Kier alpha value is -1.34. The first-order chi connectivity index (χ1) is 10.2. The molecule has 0 radical (unpaired) electrons. The third-order valence-electron chi connectivity index (χ3n) is 4.07. The Balaban J connectivity index is 1.75. The van der Waals surface area contributed by atoms with E-state index >= 15 is 0 Å². The Morgan fingerprint density at radius 2 is 2.14 bits per heavy atom. The van der Waals surface area contributed by atoms with Gasteiger partial charge in [-0.2, -0.15) is 5.26 Å². The van der Waals surface area contributed by atoms with Crippen molar-refractivity contribution in [2.75, 3.05) is 0 Å². The molecule has 0 saturated carbocycles. The lowest BCUT2D eigenvalue weighted by Crippen LogP contribution is -2.27. The summed E-state index contributed by atoms with van der Waals surface area (Å²) in [5.41, 5.74) is 3.29. The average Bonchev–Trinajstić information content (AvgIpc) is 2.88. The SMILES string of the molecule is CC(NC1CCCc2sc(Cl)cc21)c1ccc(C#N)cc1. The van der Waals surface area contributed by atoms with Gasteiger partial charge in [0.15, 0.2) is 0 Å². The number of halogens is 1. The highest BCUT2D eigenvalue weighted by atomic mass is 35.5. The molecule has 1 aliphatic rings. The molecule has 1 aromatic carbocycles. The third-order valence-corrected chi connectivity index (χ3v) is 5.41. The first-order valence-corrected chi connectivity index (χ1v) is 8.41. The van der Waals surface area contributed by atoms with Gasteiger partial charge in [0.2, 0.25) is 0 Å². The third kappa shape index (κ3) is 3.13. The number of thiophene rings is 1. The van der Waals surface area contributed by atoms with E-state index in [2.05, 4.69) is 24.4 Å². The van der Waals surface area contributed by atoms with Crippen LogP contribution in [0.5, 0.6) is 0 Å². The molecule has 1 N–H and O–H groups in total. The molecule has 0 spiro atoms. The van der Waals surface area contributed by atoms with Crippen LogP contribution in [0.25, 0.3) is 0 Å². The highest BCUT2D eigenvalue weighted by molar-refractivity contribution is 7.16. The number of hydrogen-bond donors (Lipinski definition) is 1. The highest BCUT2D eigenvalue weighted by Crippen LogP contribution is 2.38. The number of rotatable bonds is 3. The van der Waals surface area contributed by atoms with Gasteiger partial charge in [-0.1, -0.05) is 23.7 Å². The van der Waals surface area contributed by atoms with Crippen LogP contribution in [0.1, 0.15) is 53.4 Å². The van der Waals surface area contributed by atoms with Gasteiger partial charge in [-0.15, -0.1) is 11.3 Å². The monoisotopic (exact) mass is 316 g/mol. The van der Waals surface area contributed by atoms with E-state index in [1.54, 1.807) is 11.3 Å². The van der Waals surface area contributed by atoms with E-state index in [0.29, 0.717) is 11.6 Å². The lowest BCUT2D eigenvalue weighted by atomic mass is 9.93. The maximum Gasteiger partial charge on any atom is 0.0991 e. The van der Waals surface area contributed by atoms with E-state index in [0.717, 1.165) is 17.2 Å². The molecular weight excluding hydrogens is 300 g/mol. The van der Waals surface area contributed by atoms with Crippen molar-refractivity contribution in [2.24, 2.45) is 0 Å². The maximum absolute atomic E-state index is 8.86. The lowest BCUT2D eigenvalue weighted by Gasteiger charge is -2.27. The molecule has 2 unspecified atom stereocenters. The van der Waals surface area contributed by atoms with Crippen molar-refractivity contribution in [3.05, 3.63) is 56.2 Å². The average molecular weight is 317 g/mol. The summed E-state index contributed by atoms with van der Waals surface area (Å²) in [6, 6.07) is 12.7. The first-order valence-electron chi connectivity index (χ1n) is 7.21. The van der Waals surface area contributed by atoms with Crippen LogP contribution in [0, 0.1) is 11.3 Å². The topological polar surface area (TPSA) is 35.8 Å². The van der Waals surface area contributed by atoms with Crippen LogP contribution in [0.3, 0.4) is 0 Å². The minimum atomic E-state index is 0.257. The lowest BCUT2D eigenvalue weighted by molar-refractivity contribution is 0.418. The molecule has 0 fully saturated rings. The predicted octanol–water partition coefficient (Wildman–Crippen LogP) is 5.00. The Kier molecular flexibility index (Phi) is 4.30. The minimum absolute atomic E-state index is 0.257. The molecule has 2 atom stereocenters. The molecule has 2 nitrogen and oxygen atoms in total. The zero-order valence-electron chi connectivity index (χ0n) is 11.9. The van der Waals surface area contributed by atoms with Crippen molar-refractivity contribution in [1.82, 2.24) is 5.32 Å². The van der Waals surface area contributed by atoms with E-state index < -0.39 is 0 Å². The van der Waals surface area contributed by atoms with Crippen LogP contribution >= 0.6 is 22.9 Å². The molecular formula is C17H17ClN2S. The van der Waals surface area contributed by atoms with Gasteiger partial charge in [-0.3, -0.25) is 0 Å². The maximum atomic E-state index is 8.86. The summed E-state index contributed by atoms with van der Waals surface area (Å²) in [7, 11) is 0. The second-order valence-electron chi connectivity index (χ2n) is 5.50. The molecule has 0 aliphatic heterocycles. The van der Waals surface area contributed by atoms with Crippen molar-refractivity contribution in [1.29, 1.82) is 5.26 Å². The second kappa shape index (κ2) is 6.19. The van der Waals surface area contributed by atoms with Crippen LogP contribution in [0.2, 0.25) is 4.34 Å². The second-order valence-corrected chi connectivity index (χ2v) is 7.26. The Morgan fingerprint density at radius 3 is 2.86 bits per heavy atom. The van der Waals surface area contributed by atoms with E-state index in [1.165, 1.54) is 22.4 Å². The number of fused-ring (bicyclic) bond motifs is 1. The summed E-state index contributed by atoms with van der Waals surface area (Å²) < 4.78 is 0.889. The van der Waals surface area contributed by atoms with Crippen LogP contribution < -0.4 is 5.32 Å². The molecule has 1 aromatic heterocycles. The number of nitrogens with one attached hydrogen (secondary N) is 1. The number of nitrogens with zero attached hydrogens (tertiary/aromatic N) is 1. The van der Waals surface area contributed by atoms with Crippen LogP contribution in [-0.4, -0.2) is 0 Å². The number of aryl methyl sites for hydroxylation is 1. The largest absolute Gasteiger partial charge is 0.303 e. The van der Waals surface area contributed by atoms with Crippen molar-refractivity contribution >= 4 is 22.9 Å². The molecule has 1 heterocycles. The predicted molar refractivity (Wildman–Crippen MR) is 87.7 cm³/mol. The van der Waals surface area contributed by atoms with E-state index in [1.807, 2.05) is 24.3 Å². The van der Waals surface area contributed by atoms with Gasteiger partial charge in [0.05, 0.1) is 16.0 Å². The van der Waals surface area contributed by atoms with Gasteiger partial charge in [0.25, 0.3) is 0 Å². The van der Waals surface area contributed by atoms with Gasteiger partial charge in [-0.25, -0.2) is 0 Å². The molecule has 0 bridgehead atoms. The summed E-state index contributed by atoms with van der Waals surface area (Å²) in [6.07, 6.45) is 3.51. The zero-order valence-corrected chi connectivity index (χ0v) is 13.5. The molecule has 0 amide bonds. The standard InChI is InChI=1S/C17H17ClN2S/c1-11(13-7-5-12(10-19)6-8-13)20-15-3-2-4-16-14(15)9-17(18)21-16/h5-9,11,15,20H,2-4H2,1H3. The van der Waals surface area contributed by atoms with Crippen LogP contribution in [0.15, 0.2) is 30.3 Å². The molecule has 2 aromatic rings. The molecule has 3 rings (SSSR count). The number of nitriles is 1. The quantitative estimate of drug-likeness (QED) is 0.864. The minimum Gasteiger partial charge on any atom is -0.303 e. The summed E-state index contributed by atoms with van der Waals surface area (Å²) in [5, 5.41) is 12.6. The fourth-order valence-corrected chi connectivity index (χ4v) is 4.32. The first kappa shape index (κ1) is 14.6. The fraction of sp³-hybridized carbons (Fsp3) is 0.353. The summed E-state index contributed by atoms with van der Waals surface area (Å²) in [4.78, 5) is 1.43.